The summed E-state index contributed by atoms with van der Waals surface area (Å²) in [5.41, 5.74) is 4.40. The zero-order valence-corrected chi connectivity index (χ0v) is 18.5. The molecule has 0 spiro atoms. The van der Waals surface area contributed by atoms with Crippen LogP contribution in [0.2, 0.25) is 0 Å². The SMILES string of the molecule is Cc1ccncc1-c1ccc(NC(=O)[C@@H](NC(=O)c2ccnn2C)C2CCCCC2)cc1. The highest BCUT2D eigenvalue weighted by Gasteiger charge is 2.31. The standard InChI is InChI=1S/C25H29N5O2/c1-17-12-14-26-16-21(17)18-8-10-20(11-9-18)28-25(32)23(19-6-4-3-5-7-19)29-24(31)22-13-15-27-30(22)2/h8-16,19,23H,3-7H2,1-2H3,(H,28,32)(H,29,31)/t23-/m0/s1. The van der Waals surface area contributed by atoms with Crippen molar-refractivity contribution in [3.05, 3.63) is 66.2 Å². The molecule has 7 heteroatoms. The molecule has 2 heterocycles. The van der Waals surface area contributed by atoms with Gasteiger partial charge in [0.25, 0.3) is 5.91 Å². The zero-order chi connectivity index (χ0) is 22.5. The van der Waals surface area contributed by atoms with E-state index in [-0.39, 0.29) is 17.7 Å². The quantitative estimate of drug-likeness (QED) is 0.615. The molecule has 32 heavy (non-hydrogen) atoms. The van der Waals surface area contributed by atoms with Crippen LogP contribution in [0.3, 0.4) is 0 Å². The fourth-order valence-corrected chi connectivity index (χ4v) is 4.40. The van der Waals surface area contributed by atoms with E-state index in [9.17, 15) is 9.59 Å². The van der Waals surface area contributed by atoms with Crippen LogP contribution in [0.15, 0.2) is 55.0 Å². The van der Waals surface area contributed by atoms with E-state index in [1.807, 2.05) is 43.5 Å². The minimum absolute atomic E-state index is 0.123. The van der Waals surface area contributed by atoms with Crippen molar-refractivity contribution in [3.8, 4) is 11.1 Å². The number of benzene rings is 1. The molecular formula is C25H29N5O2. The van der Waals surface area contributed by atoms with Gasteiger partial charge < -0.3 is 10.6 Å². The van der Waals surface area contributed by atoms with Crippen LogP contribution in [0.5, 0.6) is 0 Å². The molecule has 1 atom stereocenters. The monoisotopic (exact) mass is 431 g/mol. The Morgan fingerprint density at radius 2 is 1.78 bits per heavy atom. The molecule has 7 nitrogen and oxygen atoms in total. The lowest BCUT2D eigenvalue weighted by atomic mass is 9.83. The molecule has 2 amide bonds. The van der Waals surface area contributed by atoms with Gasteiger partial charge in [0, 0.05) is 36.9 Å². The summed E-state index contributed by atoms with van der Waals surface area (Å²) < 4.78 is 1.52. The van der Waals surface area contributed by atoms with Gasteiger partial charge in [0.1, 0.15) is 11.7 Å². The van der Waals surface area contributed by atoms with Crippen molar-refractivity contribution in [1.29, 1.82) is 0 Å². The van der Waals surface area contributed by atoms with E-state index in [0.29, 0.717) is 11.4 Å². The fourth-order valence-electron chi connectivity index (χ4n) is 4.40. The number of nitrogens with zero attached hydrogens (tertiary/aromatic N) is 3. The normalized spacial score (nSPS) is 15.2. The third kappa shape index (κ3) is 4.88. The number of carbonyl (C=O) groups excluding carboxylic acids is 2. The number of aromatic nitrogens is 3. The van der Waals surface area contributed by atoms with Crippen molar-refractivity contribution in [2.75, 3.05) is 5.32 Å². The van der Waals surface area contributed by atoms with E-state index in [1.54, 1.807) is 25.5 Å². The molecule has 0 aliphatic heterocycles. The molecule has 2 N–H and O–H groups in total. The van der Waals surface area contributed by atoms with Crippen molar-refractivity contribution < 1.29 is 9.59 Å². The Morgan fingerprint density at radius 3 is 2.44 bits per heavy atom. The van der Waals surface area contributed by atoms with Crippen LogP contribution in [0.1, 0.15) is 48.2 Å². The van der Waals surface area contributed by atoms with Crippen molar-refractivity contribution in [2.45, 2.75) is 45.1 Å². The largest absolute Gasteiger partial charge is 0.339 e. The van der Waals surface area contributed by atoms with Crippen LogP contribution in [0, 0.1) is 12.8 Å². The molecule has 2 aromatic heterocycles. The first kappa shape index (κ1) is 21.7. The van der Waals surface area contributed by atoms with Gasteiger partial charge in [-0.3, -0.25) is 19.3 Å². The Hall–Kier alpha value is -3.48. The molecular weight excluding hydrogens is 402 g/mol. The number of amides is 2. The van der Waals surface area contributed by atoms with Gasteiger partial charge in [0.2, 0.25) is 5.91 Å². The smallest absolute Gasteiger partial charge is 0.270 e. The van der Waals surface area contributed by atoms with E-state index in [2.05, 4.69) is 20.7 Å². The summed E-state index contributed by atoms with van der Waals surface area (Å²) in [6, 6.07) is 10.8. The Labute approximate surface area is 188 Å². The first-order valence-electron chi connectivity index (χ1n) is 11.1. The molecule has 0 bridgehead atoms. The maximum absolute atomic E-state index is 13.3. The van der Waals surface area contributed by atoms with Crippen LogP contribution >= 0.6 is 0 Å². The summed E-state index contributed by atoms with van der Waals surface area (Å²) >= 11 is 0. The van der Waals surface area contributed by atoms with Gasteiger partial charge in [-0.25, -0.2) is 0 Å². The summed E-state index contributed by atoms with van der Waals surface area (Å²) in [7, 11) is 1.72. The van der Waals surface area contributed by atoms with Crippen LogP contribution < -0.4 is 10.6 Å². The first-order chi connectivity index (χ1) is 15.5. The summed E-state index contributed by atoms with van der Waals surface area (Å²) in [5, 5.41) is 10.0. The second-order valence-electron chi connectivity index (χ2n) is 8.45. The number of nitrogens with one attached hydrogen (secondary N) is 2. The number of anilines is 1. The van der Waals surface area contributed by atoms with E-state index >= 15 is 0 Å². The van der Waals surface area contributed by atoms with Gasteiger partial charge >= 0.3 is 0 Å². The maximum atomic E-state index is 13.3. The molecule has 1 fully saturated rings. The Bertz CT molecular complexity index is 1080. The number of hydrogen-bond donors (Lipinski definition) is 2. The highest BCUT2D eigenvalue weighted by molar-refractivity contribution is 6.00. The van der Waals surface area contributed by atoms with Gasteiger partial charge in [-0.15, -0.1) is 0 Å². The van der Waals surface area contributed by atoms with E-state index in [1.165, 1.54) is 11.1 Å². The third-order valence-electron chi connectivity index (χ3n) is 6.25. The molecule has 1 aliphatic rings. The summed E-state index contributed by atoms with van der Waals surface area (Å²) in [4.78, 5) is 30.3. The number of rotatable bonds is 6. The van der Waals surface area contributed by atoms with Crippen LogP contribution in [-0.2, 0) is 11.8 Å². The van der Waals surface area contributed by atoms with Crippen LogP contribution in [0.4, 0.5) is 5.69 Å². The third-order valence-corrected chi connectivity index (χ3v) is 6.25. The Morgan fingerprint density at radius 1 is 1.03 bits per heavy atom. The Balaban J connectivity index is 1.50. The number of carbonyl (C=O) groups is 2. The van der Waals surface area contributed by atoms with Gasteiger partial charge in [0.05, 0.1) is 0 Å². The van der Waals surface area contributed by atoms with Crippen molar-refractivity contribution in [3.63, 3.8) is 0 Å². The number of hydrogen-bond acceptors (Lipinski definition) is 4. The number of pyridine rings is 1. The van der Waals surface area contributed by atoms with Crippen molar-refractivity contribution in [2.24, 2.45) is 13.0 Å². The average molecular weight is 432 g/mol. The minimum Gasteiger partial charge on any atom is -0.339 e. The topological polar surface area (TPSA) is 88.9 Å². The van der Waals surface area contributed by atoms with Crippen LogP contribution in [-0.4, -0.2) is 32.6 Å². The highest BCUT2D eigenvalue weighted by atomic mass is 16.2. The molecule has 0 unspecified atom stereocenters. The second kappa shape index (κ2) is 9.77. The molecule has 1 aromatic carbocycles. The molecule has 3 aromatic rings. The molecule has 4 rings (SSSR count). The van der Waals surface area contributed by atoms with Gasteiger partial charge in [0.15, 0.2) is 0 Å². The lowest BCUT2D eigenvalue weighted by Gasteiger charge is -2.30. The summed E-state index contributed by atoms with van der Waals surface area (Å²) in [6.45, 7) is 2.05. The van der Waals surface area contributed by atoms with Crippen molar-refractivity contribution >= 4 is 17.5 Å². The van der Waals surface area contributed by atoms with Gasteiger partial charge in [-0.2, -0.15) is 5.10 Å². The maximum Gasteiger partial charge on any atom is 0.270 e. The average Bonchev–Trinajstić information content (AvgIpc) is 3.25. The molecule has 1 aliphatic carbocycles. The van der Waals surface area contributed by atoms with Crippen LogP contribution in [0.25, 0.3) is 11.1 Å². The molecule has 166 valence electrons. The first-order valence-corrected chi connectivity index (χ1v) is 11.1. The molecule has 0 saturated heterocycles. The van der Waals surface area contributed by atoms with Crippen molar-refractivity contribution in [1.82, 2.24) is 20.1 Å². The summed E-state index contributed by atoms with van der Waals surface area (Å²) in [5.74, 6) is -0.339. The second-order valence-corrected chi connectivity index (χ2v) is 8.45. The predicted molar refractivity (Wildman–Crippen MR) is 124 cm³/mol. The minimum atomic E-state index is -0.585. The molecule has 1 saturated carbocycles. The predicted octanol–water partition coefficient (Wildman–Crippen LogP) is 4.11. The lowest BCUT2D eigenvalue weighted by Crippen LogP contribution is -2.49. The van der Waals surface area contributed by atoms with E-state index in [0.717, 1.165) is 42.4 Å². The highest BCUT2D eigenvalue weighted by Crippen LogP contribution is 2.28. The van der Waals surface area contributed by atoms with Gasteiger partial charge in [-0.1, -0.05) is 31.4 Å². The lowest BCUT2D eigenvalue weighted by molar-refractivity contribution is -0.119. The van der Waals surface area contributed by atoms with E-state index < -0.39 is 6.04 Å². The fraction of sp³-hybridized carbons (Fsp3) is 0.360. The van der Waals surface area contributed by atoms with E-state index in [4.69, 9.17) is 0 Å². The molecule has 0 radical (unpaired) electrons. The zero-order valence-electron chi connectivity index (χ0n) is 18.5. The Kier molecular flexibility index (Phi) is 6.63. The number of aryl methyl sites for hydroxylation is 2. The summed E-state index contributed by atoms with van der Waals surface area (Å²) in [6.07, 6.45) is 10.4. The van der Waals surface area contributed by atoms with Gasteiger partial charge in [-0.05, 0) is 61.1 Å².